The Labute approximate surface area is 108 Å². The number of imidazole rings is 1. The molecule has 0 aliphatic heterocycles. The topological polar surface area (TPSA) is 33.1 Å². The first-order valence-electron chi connectivity index (χ1n) is 6.11. The van der Waals surface area contributed by atoms with Crippen molar-refractivity contribution >= 4 is 5.95 Å². The number of nitrogens with zero attached hydrogens (tertiary/aromatic N) is 3. The van der Waals surface area contributed by atoms with Crippen LogP contribution in [0.4, 0.5) is 5.95 Å². The van der Waals surface area contributed by atoms with Crippen LogP contribution >= 0.6 is 0 Å². The molecule has 0 bridgehead atoms. The van der Waals surface area contributed by atoms with Crippen LogP contribution in [0.1, 0.15) is 11.3 Å². The Morgan fingerprint density at radius 2 is 1.89 bits per heavy atom. The first-order valence-corrected chi connectivity index (χ1v) is 6.11. The van der Waals surface area contributed by atoms with Crippen molar-refractivity contribution in [1.29, 1.82) is 0 Å². The number of benzene rings is 1. The van der Waals surface area contributed by atoms with E-state index in [1.165, 1.54) is 11.3 Å². The van der Waals surface area contributed by atoms with Gasteiger partial charge in [0, 0.05) is 34.2 Å². The van der Waals surface area contributed by atoms with Crippen LogP contribution in [-0.4, -0.2) is 23.6 Å². The van der Waals surface area contributed by atoms with Crippen LogP contribution < -0.4 is 10.2 Å². The number of nitrogens with one attached hydrogen (secondary N) is 1. The standard InChI is InChI=1S/C14H20N4/c1-17(2)14-16-11-13(18(14)3)10-15-9-12-7-5-4-6-8-12/h4-8,11,15H,9-10H2,1-3H3. The molecule has 96 valence electrons. The summed E-state index contributed by atoms with van der Waals surface area (Å²) in [6.45, 7) is 1.70. The molecule has 0 fully saturated rings. The largest absolute Gasteiger partial charge is 0.348 e. The maximum Gasteiger partial charge on any atom is 0.204 e. The summed E-state index contributed by atoms with van der Waals surface area (Å²) in [4.78, 5) is 6.40. The van der Waals surface area contributed by atoms with Crippen molar-refractivity contribution in [2.75, 3.05) is 19.0 Å². The van der Waals surface area contributed by atoms with Gasteiger partial charge in [0.25, 0.3) is 0 Å². The van der Waals surface area contributed by atoms with Gasteiger partial charge in [-0.1, -0.05) is 30.3 Å². The van der Waals surface area contributed by atoms with E-state index in [0.717, 1.165) is 19.0 Å². The van der Waals surface area contributed by atoms with Gasteiger partial charge in [-0.2, -0.15) is 0 Å². The molecule has 0 amide bonds. The number of anilines is 1. The Kier molecular flexibility index (Phi) is 3.99. The van der Waals surface area contributed by atoms with Crippen molar-refractivity contribution < 1.29 is 0 Å². The quantitative estimate of drug-likeness (QED) is 0.870. The van der Waals surface area contributed by atoms with Gasteiger partial charge in [-0.05, 0) is 5.56 Å². The first kappa shape index (κ1) is 12.6. The van der Waals surface area contributed by atoms with Crippen molar-refractivity contribution in [3.05, 3.63) is 47.8 Å². The molecular weight excluding hydrogens is 224 g/mol. The van der Waals surface area contributed by atoms with Crippen LogP contribution in [0.5, 0.6) is 0 Å². The maximum absolute atomic E-state index is 4.39. The molecule has 4 heteroatoms. The Hall–Kier alpha value is -1.81. The van der Waals surface area contributed by atoms with E-state index < -0.39 is 0 Å². The number of aromatic nitrogens is 2. The van der Waals surface area contributed by atoms with E-state index in [4.69, 9.17) is 0 Å². The zero-order chi connectivity index (χ0) is 13.0. The fraction of sp³-hybridized carbons (Fsp3) is 0.357. The van der Waals surface area contributed by atoms with Gasteiger partial charge in [-0.25, -0.2) is 4.98 Å². The second-order valence-corrected chi connectivity index (χ2v) is 4.59. The molecule has 2 aromatic rings. The van der Waals surface area contributed by atoms with Gasteiger partial charge in [0.05, 0.1) is 11.9 Å². The van der Waals surface area contributed by atoms with Crippen molar-refractivity contribution in [3.8, 4) is 0 Å². The highest BCUT2D eigenvalue weighted by molar-refractivity contribution is 5.30. The molecule has 0 spiro atoms. The smallest absolute Gasteiger partial charge is 0.204 e. The second-order valence-electron chi connectivity index (χ2n) is 4.59. The van der Waals surface area contributed by atoms with Crippen LogP contribution in [0, 0.1) is 0 Å². The maximum atomic E-state index is 4.39. The van der Waals surface area contributed by atoms with Gasteiger partial charge in [0.15, 0.2) is 0 Å². The normalized spacial score (nSPS) is 10.6. The molecule has 4 nitrogen and oxygen atoms in total. The molecule has 0 aliphatic rings. The number of hydrogen-bond acceptors (Lipinski definition) is 3. The van der Waals surface area contributed by atoms with Crippen LogP contribution in [0.2, 0.25) is 0 Å². The summed E-state index contributed by atoms with van der Waals surface area (Å²) in [5.41, 5.74) is 2.49. The fourth-order valence-electron chi connectivity index (χ4n) is 1.94. The third-order valence-corrected chi connectivity index (χ3v) is 2.94. The molecule has 2 rings (SSSR count). The molecule has 1 N–H and O–H groups in total. The molecule has 0 saturated heterocycles. The minimum atomic E-state index is 0.826. The van der Waals surface area contributed by atoms with E-state index >= 15 is 0 Å². The monoisotopic (exact) mass is 244 g/mol. The van der Waals surface area contributed by atoms with Gasteiger partial charge < -0.3 is 14.8 Å². The van der Waals surface area contributed by atoms with E-state index in [0.29, 0.717) is 0 Å². The Bertz CT molecular complexity index is 488. The highest BCUT2D eigenvalue weighted by Gasteiger charge is 2.07. The summed E-state index contributed by atoms with van der Waals surface area (Å²) >= 11 is 0. The zero-order valence-corrected chi connectivity index (χ0v) is 11.2. The van der Waals surface area contributed by atoms with Crippen LogP contribution in [-0.2, 0) is 20.1 Å². The molecule has 1 heterocycles. The van der Waals surface area contributed by atoms with E-state index in [1.54, 1.807) is 0 Å². The van der Waals surface area contributed by atoms with E-state index in [-0.39, 0.29) is 0 Å². The van der Waals surface area contributed by atoms with Crippen molar-refractivity contribution in [1.82, 2.24) is 14.9 Å². The second kappa shape index (κ2) is 5.69. The predicted octanol–water partition coefficient (Wildman–Crippen LogP) is 1.78. The number of rotatable bonds is 5. The highest BCUT2D eigenvalue weighted by atomic mass is 15.3. The molecule has 0 unspecified atom stereocenters. The minimum Gasteiger partial charge on any atom is -0.348 e. The van der Waals surface area contributed by atoms with Gasteiger partial charge in [0.2, 0.25) is 5.95 Å². The molecule has 0 radical (unpaired) electrons. The average molecular weight is 244 g/mol. The summed E-state index contributed by atoms with van der Waals surface area (Å²) in [5.74, 6) is 0.978. The van der Waals surface area contributed by atoms with Crippen molar-refractivity contribution in [2.45, 2.75) is 13.1 Å². The third-order valence-electron chi connectivity index (χ3n) is 2.94. The minimum absolute atomic E-state index is 0.826. The fourth-order valence-corrected chi connectivity index (χ4v) is 1.94. The van der Waals surface area contributed by atoms with Crippen LogP contribution in [0.15, 0.2) is 36.5 Å². The SMILES string of the molecule is CN(C)c1ncc(CNCc2ccccc2)n1C. The molecule has 1 aromatic carbocycles. The zero-order valence-electron chi connectivity index (χ0n) is 11.2. The van der Waals surface area contributed by atoms with E-state index in [1.807, 2.05) is 38.3 Å². The van der Waals surface area contributed by atoms with Gasteiger partial charge in [-0.15, -0.1) is 0 Å². The molecule has 0 saturated carbocycles. The summed E-state index contributed by atoms with van der Waals surface area (Å²) in [7, 11) is 6.05. The van der Waals surface area contributed by atoms with Gasteiger partial charge in [0.1, 0.15) is 0 Å². The van der Waals surface area contributed by atoms with Crippen molar-refractivity contribution in [3.63, 3.8) is 0 Å². The number of hydrogen-bond donors (Lipinski definition) is 1. The Morgan fingerprint density at radius 3 is 2.50 bits per heavy atom. The van der Waals surface area contributed by atoms with E-state index in [9.17, 15) is 0 Å². The van der Waals surface area contributed by atoms with Crippen LogP contribution in [0.25, 0.3) is 0 Å². The lowest BCUT2D eigenvalue weighted by molar-refractivity contribution is 0.654. The molecular formula is C14H20N4. The third kappa shape index (κ3) is 2.90. The highest BCUT2D eigenvalue weighted by Crippen LogP contribution is 2.10. The summed E-state index contributed by atoms with van der Waals surface area (Å²) in [6.07, 6.45) is 1.92. The first-order chi connectivity index (χ1) is 8.68. The van der Waals surface area contributed by atoms with Gasteiger partial charge in [-0.3, -0.25) is 0 Å². The lowest BCUT2D eigenvalue weighted by atomic mass is 10.2. The Balaban J connectivity index is 1.91. The van der Waals surface area contributed by atoms with Crippen LogP contribution in [0.3, 0.4) is 0 Å². The average Bonchev–Trinajstić information content (AvgIpc) is 2.73. The predicted molar refractivity (Wildman–Crippen MR) is 74.5 cm³/mol. The molecule has 1 aromatic heterocycles. The Morgan fingerprint density at radius 1 is 1.17 bits per heavy atom. The van der Waals surface area contributed by atoms with E-state index in [2.05, 4.69) is 39.1 Å². The lowest BCUT2D eigenvalue weighted by Crippen LogP contribution is -2.18. The summed E-state index contributed by atoms with van der Waals surface area (Å²) in [5, 5.41) is 3.43. The molecule has 18 heavy (non-hydrogen) atoms. The van der Waals surface area contributed by atoms with Gasteiger partial charge >= 0.3 is 0 Å². The molecule has 0 aliphatic carbocycles. The lowest BCUT2D eigenvalue weighted by Gasteiger charge is -2.12. The van der Waals surface area contributed by atoms with Crippen molar-refractivity contribution in [2.24, 2.45) is 7.05 Å². The summed E-state index contributed by atoms with van der Waals surface area (Å²) < 4.78 is 2.11. The molecule has 0 atom stereocenters. The summed E-state index contributed by atoms with van der Waals surface area (Å²) in [6, 6.07) is 10.4.